The summed E-state index contributed by atoms with van der Waals surface area (Å²) in [7, 11) is 1.41. The van der Waals surface area contributed by atoms with E-state index >= 15 is 0 Å². The minimum absolute atomic E-state index is 0.278. The summed E-state index contributed by atoms with van der Waals surface area (Å²) in [4.78, 5) is 11.4. The van der Waals surface area contributed by atoms with Crippen molar-refractivity contribution in [3.8, 4) is 0 Å². The molecule has 20 heavy (non-hydrogen) atoms. The van der Waals surface area contributed by atoms with Crippen molar-refractivity contribution in [3.63, 3.8) is 0 Å². The van der Waals surface area contributed by atoms with Crippen LogP contribution in [0.2, 0.25) is 0 Å². The van der Waals surface area contributed by atoms with Gasteiger partial charge in [-0.2, -0.15) is 0 Å². The standard InChI is InChI=1S/C17H21NO2/c1-12-9-17(10-12)7-8-18-15(11-17)13-3-5-14(6-4-13)16(19)20-2/h3-6,15,18H,1,7-11H2,2H3/t15-/m0/s1. The fraction of sp³-hybridized carbons (Fsp3) is 0.471. The zero-order valence-electron chi connectivity index (χ0n) is 11.9. The van der Waals surface area contributed by atoms with Gasteiger partial charge < -0.3 is 10.1 Å². The molecule has 3 nitrogen and oxygen atoms in total. The Kier molecular flexibility index (Phi) is 3.38. The normalized spacial score (nSPS) is 24.2. The smallest absolute Gasteiger partial charge is 0.337 e. The molecule has 1 N–H and O–H groups in total. The molecule has 106 valence electrons. The average Bonchev–Trinajstić information content (AvgIpc) is 2.45. The largest absolute Gasteiger partial charge is 0.465 e. The molecule has 1 saturated carbocycles. The van der Waals surface area contributed by atoms with Crippen LogP contribution in [0.15, 0.2) is 36.4 Å². The Morgan fingerprint density at radius 3 is 2.65 bits per heavy atom. The number of allylic oxidation sites excluding steroid dienone is 1. The van der Waals surface area contributed by atoms with Gasteiger partial charge in [0.2, 0.25) is 0 Å². The molecule has 3 heteroatoms. The molecular weight excluding hydrogens is 250 g/mol. The van der Waals surface area contributed by atoms with E-state index in [1.165, 1.54) is 43.9 Å². The quantitative estimate of drug-likeness (QED) is 0.663. The number of nitrogens with one attached hydrogen (secondary N) is 1. The number of hydrogen-bond donors (Lipinski definition) is 1. The Labute approximate surface area is 120 Å². The molecule has 0 bridgehead atoms. The van der Waals surface area contributed by atoms with Gasteiger partial charge in [-0.3, -0.25) is 0 Å². The molecule has 1 saturated heterocycles. The van der Waals surface area contributed by atoms with E-state index in [4.69, 9.17) is 4.74 Å². The van der Waals surface area contributed by atoms with Crippen LogP contribution < -0.4 is 5.32 Å². The van der Waals surface area contributed by atoms with Crippen LogP contribution in [0.25, 0.3) is 0 Å². The van der Waals surface area contributed by atoms with Crippen LogP contribution in [0, 0.1) is 5.41 Å². The van der Waals surface area contributed by atoms with E-state index < -0.39 is 0 Å². The van der Waals surface area contributed by atoms with Gasteiger partial charge in [0.05, 0.1) is 12.7 Å². The van der Waals surface area contributed by atoms with Crippen LogP contribution in [0.1, 0.15) is 47.6 Å². The van der Waals surface area contributed by atoms with E-state index in [1.54, 1.807) is 0 Å². The molecule has 2 aliphatic rings. The van der Waals surface area contributed by atoms with Crippen LogP contribution in [0.4, 0.5) is 0 Å². The maximum Gasteiger partial charge on any atom is 0.337 e. The van der Waals surface area contributed by atoms with Crippen molar-refractivity contribution in [2.75, 3.05) is 13.7 Å². The molecule has 1 aliphatic heterocycles. The van der Waals surface area contributed by atoms with Crippen LogP contribution in [-0.2, 0) is 4.74 Å². The number of esters is 1. The number of methoxy groups -OCH3 is 1. The van der Waals surface area contributed by atoms with E-state index in [-0.39, 0.29) is 5.97 Å². The van der Waals surface area contributed by atoms with Gasteiger partial charge in [0.15, 0.2) is 0 Å². The van der Waals surface area contributed by atoms with Crippen LogP contribution >= 0.6 is 0 Å². The summed E-state index contributed by atoms with van der Waals surface area (Å²) in [5.74, 6) is -0.278. The van der Waals surface area contributed by atoms with Crippen molar-refractivity contribution in [2.45, 2.75) is 31.7 Å². The summed E-state index contributed by atoms with van der Waals surface area (Å²) in [5.41, 5.74) is 3.74. The molecule has 1 aromatic rings. The second kappa shape index (κ2) is 5.06. The van der Waals surface area contributed by atoms with Gasteiger partial charge in [0.25, 0.3) is 0 Å². The van der Waals surface area contributed by atoms with E-state index in [9.17, 15) is 4.79 Å². The van der Waals surface area contributed by atoms with Crippen molar-refractivity contribution in [3.05, 3.63) is 47.5 Å². The van der Waals surface area contributed by atoms with E-state index in [0.717, 1.165) is 6.54 Å². The Bertz CT molecular complexity index is 524. The van der Waals surface area contributed by atoms with Gasteiger partial charge in [-0.15, -0.1) is 0 Å². The highest BCUT2D eigenvalue weighted by molar-refractivity contribution is 5.89. The number of rotatable bonds is 2. The number of ether oxygens (including phenoxy) is 1. The third kappa shape index (κ3) is 2.38. The summed E-state index contributed by atoms with van der Waals surface area (Å²) in [6.45, 7) is 5.14. The lowest BCUT2D eigenvalue weighted by Gasteiger charge is -2.49. The lowest BCUT2D eigenvalue weighted by atomic mass is 9.59. The Morgan fingerprint density at radius 2 is 2.05 bits per heavy atom. The molecule has 0 unspecified atom stereocenters. The predicted molar refractivity (Wildman–Crippen MR) is 78.6 cm³/mol. The molecule has 1 aliphatic carbocycles. The third-order valence-corrected chi connectivity index (χ3v) is 4.67. The minimum atomic E-state index is -0.278. The topological polar surface area (TPSA) is 38.3 Å². The number of piperidine rings is 1. The van der Waals surface area contributed by atoms with Crippen molar-refractivity contribution in [1.29, 1.82) is 0 Å². The predicted octanol–water partition coefficient (Wildman–Crippen LogP) is 3.23. The highest BCUT2D eigenvalue weighted by Crippen LogP contribution is 2.53. The van der Waals surface area contributed by atoms with Gasteiger partial charge in [-0.05, 0) is 55.3 Å². The first kappa shape index (κ1) is 13.4. The molecule has 1 spiro atoms. The summed E-state index contributed by atoms with van der Waals surface area (Å²) >= 11 is 0. The minimum Gasteiger partial charge on any atom is -0.465 e. The molecule has 1 aromatic carbocycles. The number of benzene rings is 1. The molecule has 2 fully saturated rings. The Hall–Kier alpha value is -1.61. The lowest BCUT2D eigenvalue weighted by molar-refractivity contribution is 0.0600. The van der Waals surface area contributed by atoms with Crippen LogP contribution in [-0.4, -0.2) is 19.6 Å². The summed E-state index contributed by atoms with van der Waals surface area (Å²) in [5, 5.41) is 3.59. The Balaban J connectivity index is 1.72. The number of hydrogen-bond acceptors (Lipinski definition) is 3. The second-order valence-electron chi connectivity index (χ2n) is 6.18. The zero-order chi connectivity index (χ0) is 14.2. The van der Waals surface area contributed by atoms with Crippen molar-refractivity contribution < 1.29 is 9.53 Å². The lowest BCUT2D eigenvalue weighted by Crippen LogP contribution is -2.43. The van der Waals surface area contributed by atoms with Crippen molar-refractivity contribution in [1.82, 2.24) is 5.32 Å². The molecule has 1 atom stereocenters. The summed E-state index contributed by atoms with van der Waals surface area (Å²) in [6, 6.07) is 8.17. The second-order valence-corrected chi connectivity index (χ2v) is 6.18. The molecular formula is C17H21NO2. The van der Waals surface area contributed by atoms with Gasteiger partial charge in [-0.1, -0.05) is 24.3 Å². The van der Waals surface area contributed by atoms with Gasteiger partial charge in [-0.25, -0.2) is 4.79 Å². The fourth-order valence-electron chi connectivity index (χ4n) is 3.65. The maximum absolute atomic E-state index is 11.4. The monoisotopic (exact) mass is 271 g/mol. The van der Waals surface area contributed by atoms with Crippen molar-refractivity contribution >= 4 is 5.97 Å². The van der Waals surface area contributed by atoms with E-state index in [2.05, 4.69) is 11.9 Å². The van der Waals surface area contributed by atoms with Gasteiger partial charge in [0.1, 0.15) is 0 Å². The highest BCUT2D eigenvalue weighted by atomic mass is 16.5. The summed E-state index contributed by atoms with van der Waals surface area (Å²) in [6.07, 6.45) is 4.79. The molecule has 0 amide bonds. The Morgan fingerprint density at radius 1 is 1.35 bits per heavy atom. The molecule has 1 heterocycles. The summed E-state index contributed by atoms with van der Waals surface area (Å²) < 4.78 is 4.73. The number of carbonyl (C=O) groups excluding carboxylic acids is 1. The molecule has 3 rings (SSSR count). The highest BCUT2D eigenvalue weighted by Gasteiger charge is 2.43. The average molecular weight is 271 g/mol. The zero-order valence-corrected chi connectivity index (χ0v) is 11.9. The number of carbonyl (C=O) groups is 1. The first-order valence-corrected chi connectivity index (χ1v) is 7.20. The molecule has 0 aromatic heterocycles. The van der Waals surface area contributed by atoms with Gasteiger partial charge >= 0.3 is 5.97 Å². The SMILES string of the molecule is C=C1CC2(CCN[C@H](c3ccc(C(=O)OC)cc3)C2)C1. The van der Waals surface area contributed by atoms with Crippen molar-refractivity contribution in [2.24, 2.45) is 5.41 Å². The fourth-order valence-corrected chi connectivity index (χ4v) is 3.65. The maximum atomic E-state index is 11.4. The first-order chi connectivity index (χ1) is 9.62. The third-order valence-electron chi connectivity index (χ3n) is 4.67. The van der Waals surface area contributed by atoms with Gasteiger partial charge in [0, 0.05) is 6.04 Å². The molecule has 0 radical (unpaired) electrons. The van der Waals surface area contributed by atoms with E-state index in [1.807, 2.05) is 24.3 Å². The van der Waals surface area contributed by atoms with Crippen LogP contribution in [0.5, 0.6) is 0 Å². The first-order valence-electron chi connectivity index (χ1n) is 7.20. The van der Waals surface area contributed by atoms with Crippen LogP contribution in [0.3, 0.4) is 0 Å². The van der Waals surface area contributed by atoms with E-state index in [0.29, 0.717) is 17.0 Å².